The molecular weight excluding hydrogens is 327 g/mol. The number of rotatable bonds is 4. The summed E-state index contributed by atoms with van der Waals surface area (Å²) in [7, 11) is 1.72. The van der Waals surface area contributed by atoms with Crippen LogP contribution in [0.5, 0.6) is 0 Å². The first-order chi connectivity index (χ1) is 11.8. The van der Waals surface area contributed by atoms with Crippen LogP contribution < -0.4 is 10.9 Å². The van der Waals surface area contributed by atoms with Gasteiger partial charge in [0.15, 0.2) is 0 Å². The molecule has 1 aromatic carbocycles. The smallest absolute Gasteiger partial charge is 0.252 e. The molecule has 7 nitrogen and oxygen atoms in total. The Hall–Kier alpha value is -3.00. The Bertz CT molecular complexity index is 1010. The van der Waals surface area contributed by atoms with Gasteiger partial charge in [-0.3, -0.25) is 14.3 Å². The van der Waals surface area contributed by atoms with Crippen LogP contribution in [0, 0.1) is 5.82 Å². The summed E-state index contributed by atoms with van der Waals surface area (Å²) in [5.41, 5.74) is -0.944. The van der Waals surface area contributed by atoms with Gasteiger partial charge in [-0.15, -0.1) is 0 Å². The monoisotopic (exact) mass is 344 g/mol. The average Bonchev–Trinajstić information content (AvgIpc) is 2.99. The topological polar surface area (TPSA) is 100 Å². The molecule has 3 aromatic rings. The SMILES string of the molecule is Cn1cc(C(C)(O)CNC(=O)c2cc(=O)[nH]c3cc(F)ccc23)cn1. The van der Waals surface area contributed by atoms with Crippen molar-refractivity contribution >= 4 is 16.8 Å². The number of carbonyl (C=O) groups excluding carboxylic acids is 1. The molecule has 0 saturated carbocycles. The molecule has 1 amide bonds. The predicted molar refractivity (Wildman–Crippen MR) is 89.6 cm³/mol. The molecule has 8 heteroatoms. The summed E-state index contributed by atoms with van der Waals surface area (Å²) in [6.07, 6.45) is 3.16. The van der Waals surface area contributed by atoms with Crippen molar-refractivity contribution in [2.75, 3.05) is 6.54 Å². The van der Waals surface area contributed by atoms with E-state index in [1.165, 1.54) is 18.3 Å². The van der Waals surface area contributed by atoms with Gasteiger partial charge in [0.25, 0.3) is 5.91 Å². The summed E-state index contributed by atoms with van der Waals surface area (Å²) in [5, 5.41) is 17.5. The molecule has 0 spiro atoms. The fraction of sp³-hybridized carbons (Fsp3) is 0.235. The summed E-state index contributed by atoms with van der Waals surface area (Å²) in [6, 6.07) is 4.94. The van der Waals surface area contributed by atoms with Gasteiger partial charge in [0.1, 0.15) is 11.4 Å². The van der Waals surface area contributed by atoms with Gasteiger partial charge in [-0.25, -0.2) is 4.39 Å². The van der Waals surface area contributed by atoms with E-state index in [4.69, 9.17) is 0 Å². The summed E-state index contributed by atoms with van der Waals surface area (Å²) in [5.74, 6) is -1.05. The second-order valence-electron chi connectivity index (χ2n) is 6.10. The number of pyridine rings is 1. The maximum atomic E-state index is 13.3. The molecule has 0 aliphatic rings. The molecule has 0 aliphatic carbocycles. The Morgan fingerprint density at radius 3 is 2.88 bits per heavy atom. The van der Waals surface area contributed by atoms with E-state index >= 15 is 0 Å². The van der Waals surface area contributed by atoms with E-state index in [-0.39, 0.29) is 17.6 Å². The van der Waals surface area contributed by atoms with Crippen molar-refractivity contribution in [2.24, 2.45) is 7.05 Å². The van der Waals surface area contributed by atoms with E-state index in [1.807, 2.05) is 0 Å². The molecule has 2 heterocycles. The van der Waals surface area contributed by atoms with Crippen LogP contribution in [0.2, 0.25) is 0 Å². The zero-order valence-corrected chi connectivity index (χ0v) is 13.7. The Balaban J connectivity index is 1.86. The molecule has 0 aliphatic heterocycles. The van der Waals surface area contributed by atoms with Gasteiger partial charge in [-0.05, 0) is 25.1 Å². The fourth-order valence-corrected chi connectivity index (χ4v) is 2.57. The van der Waals surface area contributed by atoms with E-state index in [9.17, 15) is 19.1 Å². The molecule has 25 heavy (non-hydrogen) atoms. The van der Waals surface area contributed by atoms with Crippen molar-refractivity contribution in [1.82, 2.24) is 20.1 Å². The van der Waals surface area contributed by atoms with Crippen molar-refractivity contribution in [3.63, 3.8) is 0 Å². The van der Waals surface area contributed by atoms with Crippen LogP contribution in [0.15, 0.2) is 41.5 Å². The van der Waals surface area contributed by atoms with Crippen LogP contribution in [-0.4, -0.2) is 32.3 Å². The Kier molecular flexibility index (Phi) is 4.13. The van der Waals surface area contributed by atoms with Crippen molar-refractivity contribution in [3.8, 4) is 0 Å². The third-order valence-electron chi connectivity index (χ3n) is 3.97. The second kappa shape index (κ2) is 6.14. The van der Waals surface area contributed by atoms with Crippen LogP contribution in [-0.2, 0) is 12.6 Å². The number of carbonyl (C=O) groups is 1. The van der Waals surface area contributed by atoms with Crippen LogP contribution >= 0.6 is 0 Å². The number of hydrogen-bond donors (Lipinski definition) is 3. The number of halogens is 1. The van der Waals surface area contributed by atoms with Gasteiger partial charge in [0.2, 0.25) is 5.56 Å². The van der Waals surface area contributed by atoms with E-state index in [0.29, 0.717) is 10.9 Å². The normalized spacial score (nSPS) is 13.6. The molecule has 1 unspecified atom stereocenters. The highest BCUT2D eigenvalue weighted by Gasteiger charge is 2.26. The molecule has 0 radical (unpaired) electrons. The number of nitrogens with one attached hydrogen (secondary N) is 2. The largest absolute Gasteiger partial charge is 0.383 e. The molecule has 0 bridgehead atoms. The lowest BCUT2D eigenvalue weighted by Crippen LogP contribution is -2.38. The number of nitrogens with zero attached hydrogens (tertiary/aromatic N) is 2. The summed E-state index contributed by atoms with van der Waals surface area (Å²) >= 11 is 0. The first-order valence-electron chi connectivity index (χ1n) is 7.58. The molecule has 130 valence electrons. The zero-order chi connectivity index (χ0) is 18.2. The zero-order valence-electron chi connectivity index (χ0n) is 13.7. The molecule has 0 fully saturated rings. The number of aliphatic hydroxyl groups is 1. The highest BCUT2D eigenvalue weighted by atomic mass is 19.1. The third-order valence-corrected chi connectivity index (χ3v) is 3.97. The van der Waals surface area contributed by atoms with Gasteiger partial charge in [-0.1, -0.05) is 0 Å². The predicted octanol–water partition coefficient (Wildman–Crippen LogP) is 1.04. The summed E-state index contributed by atoms with van der Waals surface area (Å²) in [6.45, 7) is 1.47. The summed E-state index contributed by atoms with van der Waals surface area (Å²) < 4.78 is 14.9. The van der Waals surface area contributed by atoms with E-state index in [0.717, 1.165) is 12.1 Å². The lowest BCUT2D eigenvalue weighted by atomic mass is 9.99. The van der Waals surface area contributed by atoms with Gasteiger partial charge in [-0.2, -0.15) is 5.10 Å². The Morgan fingerprint density at radius 2 is 2.20 bits per heavy atom. The third kappa shape index (κ3) is 3.43. The second-order valence-corrected chi connectivity index (χ2v) is 6.10. The minimum Gasteiger partial charge on any atom is -0.383 e. The molecular formula is C17H17FN4O3. The molecule has 1 atom stereocenters. The maximum absolute atomic E-state index is 13.3. The standard InChI is InChI=1S/C17H17FN4O3/c1-17(25,10-7-20-22(2)8-10)9-19-16(24)13-6-15(23)21-14-5-11(18)3-4-12(13)14/h3-8,25H,9H2,1-2H3,(H,19,24)(H,21,23). The fourth-order valence-electron chi connectivity index (χ4n) is 2.57. The van der Waals surface area contributed by atoms with Crippen LogP contribution in [0.1, 0.15) is 22.8 Å². The average molecular weight is 344 g/mol. The van der Waals surface area contributed by atoms with Gasteiger partial charge >= 0.3 is 0 Å². The lowest BCUT2D eigenvalue weighted by Gasteiger charge is -2.22. The van der Waals surface area contributed by atoms with Gasteiger partial charge < -0.3 is 15.4 Å². The number of H-pyrrole nitrogens is 1. The van der Waals surface area contributed by atoms with Crippen molar-refractivity contribution < 1.29 is 14.3 Å². The molecule has 2 aromatic heterocycles. The number of aromatic nitrogens is 3. The molecule has 3 N–H and O–H groups in total. The van der Waals surface area contributed by atoms with Crippen molar-refractivity contribution in [2.45, 2.75) is 12.5 Å². The molecule has 0 saturated heterocycles. The number of hydrogen-bond acceptors (Lipinski definition) is 4. The summed E-state index contributed by atoms with van der Waals surface area (Å²) in [4.78, 5) is 26.7. The highest BCUT2D eigenvalue weighted by Crippen LogP contribution is 2.20. The quantitative estimate of drug-likeness (QED) is 0.658. The van der Waals surface area contributed by atoms with Crippen molar-refractivity contribution in [3.05, 3.63) is 64.0 Å². The Morgan fingerprint density at radius 1 is 1.44 bits per heavy atom. The first-order valence-corrected chi connectivity index (χ1v) is 7.58. The van der Waals surface area contributed by atoms with E-state index in [2.05, 4.69) is 15.4 Å². The maximum Gasteiger partial charge on any atom is 0.252 e. The van der Waals surface area contributed by atoms with Crippen LogP contribution in [0.3, 0.4) is 0 Å². The highest BCUT2D eigenvalue weighted by molar-refractivity contribution is 6.05. The minimum atomic E-state index is -1.33. The first kappa shape index (κ1) is 16.8. The van der Waals surface area contributed by atoms with Crippen LogP contribution in [0.25, 0.3) is 10.9 Å². The van der Waals surface area contributed by atoms with E-state index < -0.39 is 22.9 Å². The van der Waals surface area contributed by atoms with Crippen molar-refractivity contribution in [1.29, 1.82) is 0 Å². The Labute approximate surface area is 142 Å². The number of fused-ring (bicyclic) bond motifs is 1. The van der Waals surface area contributed by atoms with Crippen LogP contribution in [0.4, 0.5) is 4.39 Å². The lowest BCUT2D eigenvalue weighted by molar-refractivity contribution is 0.0526. The number of aryl methyl sites for hydroxylation is 1. The number of amides is 1. The van der Waals surface area contributed by atoms with Gasteiger partial charge in [0.05, 0.1) is 23.8 Å². The molecule has 3 rings (SSSR count). The number of aromatic amines is 1. The minimum absolute atomic E-state index is 0.0764. The van der Waals surface area contributed by atoms with E-state index in [1.54, 1.807) is 24.9 Å². The van der Waals surface area contributed by atoms with Gasteiger partial charge in [0, 0.05) is 30.3 Å². The number of benzene rings is 1.